The molecule has 0 spiro atoms. The Kier molecular flexibility index (Phi) is 3.96. The van der Waals surface area contributed by atoms with E-state index in [0.717, 1.165) is 29.3 Å². The zero-order chi connectivity index (χ0) is 21.2. The highest BCUT2D eigenvalue weighted by Gasteiger charge is 2.39. The van der Waals surface area contributed by atoms with Crippen LogP contribution in [0.15, 0.2) is 24.4 Å². The number of aromatic nitrogens is 4. The molecule has 9 nitrogen and oxygen atoms in total. The van der Waals surface area contributed by atoms with E-state index in [2.05, 4.69) is 15.2 Å². The molecule has 0 unspecified atom stereocenters. The molecule has 4 aromatic rings. The molecule has 0 radical (unpaired) electrons. The van der Waals surface area contributed by atoms with E-state index in [-0.39, 0.29) is 16.9 Å². The van der Waals surface area contributed by atoms with Crippen LogP contribution in [0.25, 0.3) is 27.6 Å². The Balaban J connectivity index is 1.80. The number of hydrogen-bond acceptors (Lipinski definition) is 6. The Morgan fingerprint density at radius 3 is 2.83 bits per heavy atom. The van der Waals surface area contributed by atoms with E-state index in [1.165, 1.54) is 0 Å². The standard InChI is InChI=1S/C20H20ClN7O2/c1-9-6-10-14(17(23)29)16(22)28(15-11-7-25-27-13(11)3-2-12(15)21)18(10)26-19(9)30-8-20(24)4-5-20/h2-3,6-7H,4-5,8,22,24H2,1H3,(H2,23,29)(H,25,27). The average molecular weight is 426 g/mol. The lowest BCUT2D eigenvalue weighted by molar-refractivity contribution is 0.100. The van der Waals surface area contributed by atoms with Gasteiger partial charge in [0.1, 0.15) is 12.4 Å². The quantitative estimate of drug-likeness (QED) is 0.385. The molecule has 0 atom stereocenters. The number of nitrogens with one attached hydrogen (secondary N) is 1. The Morgan fingerprint density at radius 2 is 2.13 bits per heavy atom. The molecule has 1 aliphatic rings. The summed E-state index contributed by atoms with van der Waals surface area (Å²) in [5.74, 6) is -0.0837. The number of aromatic amines is 1. The second-order valence-corrected chi connectivity index (χ2v) is 8.23. The minimum Gasteiger partial charge on any atom is -0.475 e. The van der Waals surface area contributed by atoms with Gasteiger partial charge in [-0.15, -0.1) is 0 Å². The second kappa shape index (κ2) is 6.35. The van der Waals surface area contributed by atoms with Gasteiger partial charge in [0.05, 0.1) is 33.5 Å². The van der Waals surface area contributed by atoms with Gasteiger partial charge in [-0.3, -0.25) is 14.5 Å². The third-order valence-electron chi connectivity index (χ3n) is 5.53. The molecule has 1 amide bonds. The molecule has 3 aromatic heterocycles. The van der Waals surface area contributed by atoms with Crippen molar-refractivity contribution in [3.63, 3.8) is 0 Å². The van der Waals surface area contributed by atoms with Crippen molar-refractivity contribution in [2.45, 2.75) is 25.3 Å². The maximum absolute atomic E-state index is 12.2. The first-order valence-corrected chi connectivity index (χ1v) is 9.82. The van der Waals surface area contributed by atoms with E-state index in [1.807, 2.05) is 13.0 Å². The van der Waals surface area contributed by atoms with Crippen molar-refractivity contribution in [1.29, 1.82) is 0 Å². The number of amides is 1. The van der Waals surface area contributed by atoms with Crippen LogP contribution in [0, 0.1) is 6.92 Å². The van der Waals surface area contributed by atoms with Gasteiger partial charge < -0.3 is 21.9 Å². The van der Waals surface area contributed by atoms with Crippen LogP contribution >= 0.6 is 11.6 Å². The SMILES string of the molecule is Cc1cc2c(C(N)=O)c(N)n(-c3c(Cl)ccc4[nH]ncc34)c2nc1OCC1(N)CC1. The lowest BCUT2D eigenvalue weighted by Gasteiger charge is -2.14. The van der Waals surface area contributed by atoms with Gasteiger partial charge in [-0.2, -0.15) is 10.1 Å². The van der Waals surface area contributed by atoms with Crippen LogP contribution < -0.4 is 21.9 Å². The van der Waals surface area contributed by atoms with Gasteiger partial charge in [-0.1, -0.05) is 11.6 Å². The first kappa shape index (κ1) is 18.7. The topological polar surface area (TPSA) is 151 Å². The number of nitrogens with two attached hydrogens (primary N) is 3. The number of carbonyl (C=O) groups excluding carboxylic acids is 1. The Hall–Kier alpha value is -3.30. The Labute approximate surface area is 176 Å². The molecule has 5 rings (SSSR count). The highest BCUT2D eigenvalue weighted by molar-refractivity contribution is 6.34. The van der Waals surface area contributed by atoms with Crippen molar-refractivity contribution in [1.82, 2.24) is 19.7 Å². The van der Waals surface area contributed by atoms with Gasteiger partial charge in [-0.05, 0) is 38.0 Å². The van der Waals surface area contributed by atoms with Crippen molar-refractivity contribution in [2.75, 3.05) is 12.3 Å². The molecule has 0 bridgehead atoms. The van der Waals surface area contributed by atoms with Crippen LogP contribution in [0.1, 0.15) is 28.8 Å². The van der Waals surface area contributed by atoms with Crippen molar-refractivity contribution in [3.05, 3.63) is 40.5 Å². The number of carbonyl (C=O) groups is 1. The lowest BCUT2D eigenvalue weighted by Crippen LogP contribution is -2.30. The molecular weight excluding hydrogens is 406 g/mol. The number of anilines is 1. The number of nitrogens with zero attached hydrogens (tertiary/aromatic N) is 3. The summed E-state index contributed by atoms with van der Waals surface area (Å²) in [5.41, 5.74) is 20.6. The summed E-state index contributed by atoms with van der Waals surface area (Å²) in [6.07, 6.45) is 3.48. The van der Waals surface area contributed by atoms with E-state index in [0.29, 0.717) is 34.2 Å². The van der Waals surface area contributed by atoms with Crippen LogP contribution in [-0.2, 0) is 0 Å². The zero-order valence-electron chi connectivity index (χ0n) is 16.2. The minimum absolute atomic E-state index is 0.148. The van der Waals surface area contributed by atoms with Crippen molar-refractivity contribution >= 4 is 45.3 Å². The van der Waals surface area contributed by atoms with E-state index >= 15 is 0 Å². The molecule has 30 heavy (non-hydrogen) atoms. The average Bonchev–Trinajstić information content (AvgIpc) is 3.12. The second-order valence-electron chi connectivity index (χ2n) is 7.82. The van der Waals surface area contributed by atoms with Crippen LogP contribution in [-0.4, -0.2) is 37.8 Å². The fourth-order valence-electron chi connectivity index (χ4n) is 3.66. The Bertz CT molecular complexity index is 1340. The van der Waals surface area contributed by atoms with Crippen molar-refractivity contribution in [3.8, 4) is 11.6 Å². The molecular formula is C20H20ClN7O2. The van der Waals surface area contributed by atoms with E-state index in [9.17, 15) is 4.79 Å². The highest BCUT2D eigenvalue weighted by atomic mass is 35.5. The first-order valence-electron chi connectivity index (χ1n) is 9.44. The number of H-pyrrole nitrogens is 1. The number of nitrogen functional groups attached to an aromatic ring is 1. The molecule has 7 N–H and O–H groups in total. The van der Waals surface area contributed by atoms with Gasteiger partial charge in [0.15, 0.2) is 5.65 Å². The smallest absolute Gasteiger partial charge is 0.253 e. The fraction of sp³-hybridized carbons (Fsp3) is 0.250. The normalized spacial score (nSPS) is 15.0. The number of aryl methyl sites for hydroxylation is 1. The first-order chi connectivity index (χ1) is 14.3. The minimum atomic E-state index is -0.652. The molecule has 1 saturated carbocycles. The van der Waals surface area contributed by atoms with Gasteiger partial charge >= 0.3 is 0 Å². The lowest BCUT2D eigenvalue weighted by atomic mass is 10.1. The summed E-state index contributed by atoms with van der Waals surface area (Å²) < 4.78 is 7.54. The van der Waals surface area contributed by atoms with Gasteiger partial charge in [0, 0.05) is 16.3 Å². The van der Waals surface area contributed by atoms with E-state index in [4.69, 9.17) is 33.5 Å². The third-order valence-corrected chi connectivity index (χ3v) is 5.83. The van der Waals surface area contributed by atoms with E-state index in [1.54, 1.807) is 22.9 Å². The highest BCUT2D eigenvalue weighted by Crippen LogP contribution is 2.39. The number of fused-ring (bicyclic) bond motifs is 2. The maximum atomic E-state index is 12.2. The molecule has 0 aliphatic heterocycles. The Morgan fingerprint density at radius 1 is 1.37 bits per heavy atom. The predicted octanol–water partition coefficient (Wildman–Crippen LogP) is 2.41. The molecule has 0 saturated heterocycles. The molecule has 3 heterocycles. The molecule has 1 aliphatic carbocycles. The predicted molar refractivity (Wildman–Crippen MR) is 115 cm³/mol. The summed E-state index contributed by atoms with van der Waals surface area (Å²) in [6.45, 7) is 2.21. The summed E-state index contributed by atoms with van der Waals surface area (Å²) in [4.78, 5) is 16.9. The van der Waals surface area contributed by atoms with Crippen molar-refractivity contribution in [2.24, 2.45) is 11.5 Å². The van der Waals surface area contributed by atoms with Gasteiger partial charge in [0.2, 0.25) is 5.88 Å². The number of benzene rings is 1. The van der Waals surface area contributed by atoms with Crippen LogP contribution in [0.5, 0.6) is 5.88 Å². The van der Waals surface area contributed by atoms with Gasteiger partial charge in [0.25, 0.3) is 5.91 Å². The number of rotatable bonds is 5. The summed E-state index contributed by atoms with van der Waals surface area (Å²) >= 11 is 6.55. The number of hydrogen-bond donors (Lipinski definition) is 4. The summed E-state index contributed by atoms with van der Waals surface area (Å²) in [6, 6.07) is 5.33. The molecule has 154 valence electrons. The van der Waals surface area contributed by atoms with Gasteiger partial charge in [-0.25, -0.2) is 0 Å². The summed E-state index contributed by atoms with van der Waals surface area (Å²) in [7, 11) is 0. The maximum Gasteiger partial charge on any atom is 0.253 e. The molecule has 10 heteroatoms. The third kappa shape index (κ3) is 2.78. The van der Waals surface area contributed by atoms with Crippen LogP contribution in [0.2, 0.25) is 5.02 Å². The zero-order valence-corrected chi connectivity index (χ0v) is 17.0. The molecule has 1 aromatic carbocycles. The number of pyridine rings is 1. The van der Waals surface area contributed by atoms with Crippen molar-refractivity contribution < 1.29 is 9.53 Å². The molecule has 1 fully saturated rings. The van der Waals surface area contributed by atoms with Crippen LogP contribution in [0.3, 0.4) is 0 Å². The monoisotopic (exact) mass is 425 g/mol. The summed E-state index contributed by atoms with van der Waals surface area (Å²) in [5, 5.41) is 8.67. The van der Waals surface area contributed by atoms with E-state index < -0.39 is 5.91 Å². The van der Waals surface area contributed by atoms with Crippen LogP contribution in [0.4, 0.5) is 5.82 Å². The number of halogens is 1. The largest absolute Gasteiger partial charge is 0.475 e. The number of ether oxygens (including phenoxy) is 1. The fourth-order valence-corrected chi connectivity index (χ4v) is 3.91. The number of primary amides is 1.